The number of hydrogen-bond donors (Lipinski definition) is 0. The number of nitrogens with zero attached hydrogens (tertiary/aromatic N) is 2. The molecular formula is C40H24N2O. The molecule has 0 aliphatic heterocycles. The van der Waals surface area contributed by atoms with Crippen molar-refractivity contribution < 1.29 is 4.42 Å². The Morgan fingerprint density at radius 2 is 0.930 bits per heavy atom. The summed E-state index contributed by atoms with van der Waals surface area (Å²) in [6.07, 6.45) is 0. The van der Waals surface area contributed by atoms with Gasteiger partial charge in [0, 0.05) is 38.1 Å². The standard InChI is InChI=1S/C40H24N2O/c1-2-6-26(7-3-1)35-22-18-28-14-15-29-19-23-36(42-39(29)38(28)41-35)27-12-10-25(11-13-27)30-16-20-32-31(24-30)17-21-34-33-8-4-5-9-37(33)43-40(32)34/h1-24H. The van der Waals surface area contributed by atoms with E-state index in [4.69, 9.17) is 14.4 Å². The van der Waals surface area contributed by atoms with Crippen LogP contribution in [0.15, 0.2) is 150 Å². The van der Waals surface area contributed by atoms with E-state index < -0.39 is 0 Å². The molecule has 0 N–H and O–H groups in total. The van der Waals surface area contributed by atoms with Crippen LogP contribution in [-0.2, 0) is 0 Å². The van der Waals surface area contributed by atoms with E-state index in [0.717, 1.165) is 77.2 Å². The molecule has 3 aromatic heterocycles. The van der Waals surface area contributed by atoms with Crippen LogP contribution in [0.25, 0.3) is 88.2 Å². The van der Waals surface area contributed by atoms with Gasteiger partial charge in [-0.3, -0.25) is 0 Å². The van der Waals surface area contributed by atoms with Crippen molar-refractivity contribution in [1.29, 1.82) is 0 Å². The summed E-state index contributed by atoms with van der Waals surface area (Å²) in [6, 6.07) is 50.9. The molecule has 0 aliphatic rings. The molecule has 3 nitrogen and oxygen atoms in total. The summed E-state index contributed by atoms with van der Waals surface area (Å²) in [6.45, 7) is 0. The van der Waals surface area contributed by atoms with Crippen molar-refractivity contribution in [2.45, 2.75) is 0 Å². The van der Waals surface area contributed by atoms with Gasteiger partial charge in [-0.25, -0.2) is 9.97 Å². The predicted octanol–water partition coefficient (Wildman–Crippen LogP) is 10.8. The summed E-state index contributed by atoms with van der Waals surface area (Å²) in [5.41, 5.74) is 10.1. The minimum atomic E-state index is 0.920. The molecule has 0 fully saturated rings. The second kappa shape index (κ2) is 9.37. The molecule has 0 saturated heterocycles. The second-order valence-electron chi connectivity index (χ2n) is 11.0. The molecule has 0 amide bonds. The Morgan fingerprint density at radius 3 is 1.67 bits per heavy atom. The average molecular weight is 549 g/mol. The number of furan rings is 1. The van der Waals surface area contributed by atoms with Crippen molar-refractivity contribution in [2.75, 3.05) is 0 Å². The van der Waals surface area contributed by atoms with Crippen molar-refractivity contribution in [2.24, 2.45) is 0 Å². The lowest BCUT2D eigenvalue weighted by molar-refractivity contribution is 0.672. The first-order chi connectivity index (χ1) is 21.3. The van der Waals surface area contributed by atoms with Crippen LogP contribution in [-0.4, -0.2) is 9.97 Å². The highest BCUT2D eigenvalue weighted by atomic mass is 16.3. The molecule has 6 aromatic carbocycles. The fourth-order valence-electron chi connectivity index (χ4n) is 6.22. The third-order valence-electron chi connectivity index (χ3n) is 8.46. The lowest BCUT2D eigenvalue weighted by Crippen LogP contribution is -1.91. The van der Waals surface area contributed by atoms with Gasteiger partial charge in [-0.15, -0.1) is 0 Å². The maximum Gasteiger partial charge on any atom is 0.143 e. The van der Waals surface area contributed by atoms with Gasteiger partial charge in [0.15, 0.2) is 0 Å². The SMILES string of the molecule is c1ccc(-c2ccc3ccc4ccc(-c5ccc(-c6ccc7c(ccc8c9ccccc9oc78)c6)cc5)nc4c3n2)cc1. The number of benzene rings is 6. The quantitative estimate of drug-likeness (QED) is 0.206. The summed E-state index contributed by atoms with van der Waals surface area (Å²) < 4.78 is 6.25. The second-order valence-corrected chi connectivity index (χ2v) is 11.0. The molecule has 0 radical (unpaired) electrons. The molecule has 0 atom stereocenters. The Kier molecular flexibility index (Phi) is 5.20. The zero-order valence-corrected chi connectivity index (χ0v) is 23.2. The van der Waals surface area contributed by atoms with Gasteiger partial charge < -0.3 is 4.42 Å². The Balaban J connectivity index is 1.09. The molecule has 0 bridgehead atoms. The highest BCUT2D eigenvalue weighted by Gasteiger charge is 2.12. The van der Waals surface area contributed by atoms with Gasteiger partial charge in [0.05, 0.1) is 22.4 Å². The van der Waals surface area contributed by atoms with Crippen LogP contribution in [0.5, 0.6) is 0 Å². The number of hydrogen-bond acceptors (Lipinski definition) is 3. The van der Waals surface area contributed by atoms with E-state index in [9.17, 15) is 0 Å². The third-order valence-corrected chi connectivity index (χ3v) is 8.46. The average Bonchev–Trinajstić information content (AvgIpc) is 3.47. The fourth-order valence-corrected chi connectivity index (χ4v) is 6.22. The molecule has 200 valence electrons. The van der Waals surface area contributed by atoms with Crippen molar-refractivity contribution in [1.82, 2.24) is 9.97 Å². The van der Waals surface area contributed by atoms with Crippen LogP contribution >= 0.6 is 0 Å². The zero-order valence-electron chi connectivity index (χ0n) is 23.2. The van der Waals surface area contributed by atoms with Gasteiger partial charge in [0.1, 0.15) is 11.2 Å². The Bertz CT molecular complexity index is 2490. The van der Waals surface area contributed by atoms with Crippen molar-refractivity contribution in [3.63, 3.8) is 0 Å². The Morgan fingerprint density at radius 1 is 0.372 bits per heavy atom. The lowest BCUT2D eigenvalue weighted by Gasteiger charge is -2.09. The zero-order chi connectivity index (χ0) is 28.3. The van der Waals surface area contributed by atoms with Gasteiger partial charge in [0.2, 0.25) is 0 Å². The van der Waals surface area contributed by atoms with Gasteiger partial charge in [-0.2, -0.15) is 0 Å². The predicted molar refractivity (Wildman–Crippen MR) is 178 cm³/mol. The molecule has 9 rings (SSSR count). The van der Waals surface area contributed by atoms with E-state index in [-0.39, 0.29) is 0 Å². The van der Waals surface area contributed by atoms with E-state index in [1.165, 1.54) is 10.9 Å². The molecule has 3 heteroatoms. The summed E-state index contributed by atoms with van der Waals surface area (Å²) in [4.78, 5) is 10.2. The smallest absolute Gasteiger partial charge is 0.143 e. The normalized spacial score (nSPS) is 11.7. The number of aromatic nitrogens is 2. The van der Waals surface area contributed by atoms with Crippen molar-refractivity contribution in [3.05, 3.63) is 146 Å². The molecule has 9 aromatic rings. The summed E-state index contributed by atoms with van der Waals surface area (Å²) in [5.74, 6) is 0. The minimum Gasteiger partial charge on any atom is -0.455 e. The van der Waals surface area contributed by atoms with E-state index >= 15 is 0 Å². The van der Waals surface area contributed by atoms with Crippen LogP contribution in [0.3, 0.4) is 0 Å². The first-order valence-corrected chi connectivity index (χ1v) is 14.5. The molecule has 0 unspecified atom stereocenters. The summed E-state index contributed by atoms with van der Waals surface area (Å²) in [5, 5.41) is 6.78. The fraction of sp³-hybridized carbons (Fsp3) is 0. The van der Waals surface area contributed by atoms with Gasteiger partial charge in [-0.1, -0.05) is 109 Å². The molecule has 3 heterocycles. The Labute approximate surface area is 247 Å². The number of para-hydroxylation sites is 1. The molecule has 0 spiro atoms. The van der Waals surface area contributed by atoms with E-state index in [1.807, 2.05) is 30.3 Å². The molecule has 0 aliphatic carbocycles. The first kappa shape index (κ1) is 23.9. The first-order valence-electron chi connectivity index (χ1n) is 14.5. The number of fused-ring (bicyclic) bond motifs is 8. The van der Waals surface area contributed by atoms with Crippen LogP contribution < -0.4 is 0 Å². The van der Waals surface area contributed by atoms with Crippen LogP contribution in [0.1, 0.15) is 0 Å². The van der Waals surface area contributed by atoms with Gasteiger partial charge in [0.25, 0.3) is 0 Å². The van der Waals surface area contributed by atoms with Crippen LogP contribution in [0.2, 0.25) is 0 Å². The molecular weight excluding hydrogens is 524 g/mol. The Hall–Kier alpha value is -5.80. The van der Waals surface area contributed by atoms with E-state index in [0.29, 0.717) is 0 Å². The topological polar surface area (TPSA) is 38.9 Å². The van der Waals surface area contributed by atoms with Crippen molar-refractivity contribution in [3.8, 4) is 33.6 Å². The van der Waals surface area contributed by atoms with E-state index in [1.54, 1.807) is 0 Å². The highest BCUT2D eigenvalue weighted by molar-refractivity contribution is 6.15. The number of rotatable bonds is 3. The van der Waals surface area contributed by atoms with Crippen LogP contribution in [0, 0.1) is 0 Å². The molecule has 0 saturated carbocycles. The van der Waals surface area contributed by atoms with Crippen molar-refractivity contribution >= 4 is 54.5 Å². The monoisotopic (exact) mass is 548 g/mol. The lowest BCUT2D eigenvalue weighted by atomic mass is 9.98. The summed E-state index contributed by atoms with van der Waals surface area (Å²) in [7, 11) is 0. The van der Waals surface area contributed by atoms with E-state index in [2.05, 4.69) is 115 Å². The van der Waals surface area contributed by atoms with Gasteiger partial charge >= 0.3 is 0 Å². The number of pyridine rings is 2. The van der Waals surface area contributed by atoms with Gasteiger partial charge in [-0.05, 0) is 52.9 Å². The third kappa shape index (κ3) is 3.90. The minimum absolute atomic E-state index is 0.920. The maximum atomic E-state index is 6.25. The molecule has 43 heavy (non-hydrogen) atoms. The highest BCUT2D eigenvalue weighted by Crippen LogP contribution is 2.36. The largest absolute Gasteiger partial charge is 0.455 e. The summed E-state index contributed by atoms with van der Waals surface area (Å²) >= 11 is 0. The van der Waals surface area contributed by atoms with Crippen LogP contribution in [0.4, 0.5) is 0 Å². The maximum absolute atomic E-state index is 6.25.